The smallest absolute Gasteiger partial charge is 0.123 e. The van der Waals surface area contributed by atoms with Gasteiger partial charge in [-0.25, -0.2) is 4.39 Å². The molecule has 0 aliphatic heterocycles. The van der Waals surface area contributed by atoms with E-state index >= 15 is 0 Å². The van der Waals surface area contributed by atoms with E-state index in [1.807, 2.05) is 0 Å². The molecule has 0 amide bonds. The van der Waals surface area contributed by atoms with Gasteiger partial charge in [0.25, 0.3) is 0 Å². The van der Waals surface area contributed by atoms with Gasteiger partial charge in [0.05, 0.1) is 5.60 Å². The number of aliphatic hydroxyl groups is 1. The predicted molar refractivity (Wildman–Crippen MR) is 57.8 cm³/mol. The summed E-state index contributed by atoms with van der Waals surface area (Å²) < 4.78 is 12.8. The second-order valence-electron chi connectivity index (χ2n) is 4.17. The molecule has 1 fully saturated rings. The number of hydrogen-bond donors (Lipinski definition) is 1. The molecule has 1 saturated carbocycles. The van der Waals surface area contributed by atoms with Crippen LogP contribution < -0.4 is 0 Å². The molecule has 0 saturated heterocycles. The third kappa shape index (κ3) is 1.70. The summed E-state index contributed by atoms with van der Waals surface area (Å²) in [4.78, 5) is 0. The van der Waals surface area contributed by atoms with Gasteiger partial charge >= 0.3 is 0 Å². The average molecular weight is 206 g/mol. The Morgan fingerprint density at radius 3 is 2.67 bits per heavy atom. The first-order valence-electron chi connectivity index (χ1n) is 5.28. The Kier molecular flexibility index (Phi) is 2.61. The highest BCUT2D eigenvalue weighted by Crippen LogP contribution is 2.43. The molecule has 1 aliphatic carbocycles. The van der Waals surface area contributed by atoms with Crippen molar-refractivity contribution in [3.63, 3.8) is 0 Å². The first-order chi connectivity index (χ1) is 7.16. The fourth-order valence-electron chi connectivity index (χ4n) is 2.43. The van der Waals surface area contributed by atoms with E-state index in [0.29, 0.717) is 0 Å². The van der Waals surface area contributed by atoms with Gasteiger partial charge in [0.15, 0.2) is 0 Å². The van der Waals surface area contributed by atoms with E-state index in [1.54, 1.807) is 18.2 Å². The summed E-state index contributed by atoms with van der Waals surface area (Å²) in [6, 6.07) is 6.12. The van der Waals surface area contributed by atoms with Crippen molar-refractivity contribution < 1.29 is 9.50 Å². The second kappa shape index (κ2) is 3.78. The highest BCUT2D eigenvalue weighted by atomic mass is 19.1. The van der Waals surface area contributed by atoms with Gasteiger partial charge in [0, 0.05) is 5.92 Å². The summed E-state index contributed by atoms with van der Waals surface area (Å²) in [6.45, 7) is 3.75. The van der Waals surface area contributed by atoms with Gasteiger partial charge in [-0.2, -0.15) is 0 Å². The minimum Gasteiger partial charge on any atom is -0.385 e. The Morgan fingerprint density at radius 1 is 1.40 bits per heavy atom. The zero-order valence-corrected chi connectivity index (χ0v) is 8.62. The van der Waals surface area contributed by atoms with E-state index in [4.69, 9.17) is 0 Å². The fraction of sp³-hybridized carbons (Fsp3) is 0.385. The van der Waals surface area contributed by atoms with Crippen LogP contribution in [0.3, 0.4) is 0 Å². The number of hydrogen-bond acceptors (Lipinski definition) is 1. The van der Waals surface area contributed by atoms with Crippen LogP contribution in [-0.4, -0.2) is 5.11 Å². The Morgan fingerprint density at radius 2 is 2.07 bits per heavy atom. The molecule has 2 heteroatoms. The van der Waals surface area contributed by atoms with Gasteiger partial charge in [0.2, 0.25) is 0 Å². The lowest BCUT2D eigenvalue weighted by molar-refractivity contribution is 0.0150. The molecule has 0 spiro atoms. The monoisotopic (exact) mass is 206 g/mol. The Labute approximate surface area is 89.3 Å². The number of rotatable bonds is 2. The zero-order valence-electron chi connectivity index (χ0n) is 8.62. The fourth-order valence-corrected chi connectivity index (χ4v) is 2.43. The van der Waals surface area contributed by atoms with E-state index in [1.165, 1.54) is 12.1 Å². The summed E-state index contributed by atoms with van der Waals surface area (Å²) in [5.41, 5.74) is -0.0403. The highest BCUT2D eigenvalue weighted by molar-refractivity contribution is 5.26. The second-order valence-corrected chi connectivity index (χ2v) is 4.17. The SMILES string of the molecule is C=C[C@H]1CCC[C@@]1(O)c1ccc(F)cc1. The van der Waals surface area contributed by atoms with E-state index in [0.717, 1.165) is 24.8 Å². The van der Waals surface area contributed by atoms with Crippen molar-refractivity contribution in [2.75, 3.05) is 0 Å². The van der Waals surface area contributed by atoms with Gasteiger partial charge in [-0.3, -0.25) is 0 Å². The Bertz CT molecular complexity index is 357. The molecule has 15 heavy (non-hydrogen) atoms. The maximum Gasteiger partial charge on any atom is 0.123 e. The zero-order chi connectivity index (χ0) is 10.9. The first kappa shape index (κ1) is 10.4. The molecule has 1 aromatic carbocycles. The normalized spacial score (nSPS) is 30.4. The standard InChI is InChI=1S/C13H15FO/c1-2-10-4-3-9-13(10,15)11-5-7-12(14)8-6-11/h2,5-8,10,15H,1,3-4,9H2/t10-,13-/m0/s1. The summed E-state index contributed by atoms with van der Waals surface area (Å²) in [7, 11) is 0. The van der Waals surface area contributed by atoms with E-state index < -0.39 is 5.60 Å². The Hall–Kier alpha value is -1.15. The minimum atomic E-state index is -0.838. The van der Waals surface area contributed by atoms with Crippen LogP contribution in [0.1, 0.15) is 24.8 Å². The molecule has 2 atom stereocenters. The van der Waals surface area contributed by atoms with Crippen LogP contribution in [-0.2, 0) is 5.60 Å². The van der Waals surface area contributed by atoms with Crippen LogP contribution in [0.2, 0.25) is 0 Å². The molecular formula is C13H15FO. The molecule has 0 bridgehead atoms. The van der Waals surface area contributed by atoms with Gasteiger partial charge in [0.1, 0.15) is 5.82 Å². The highest BCUT2D eigenvalue weighted by Gasteiger charge is 2.40. The molecular weight excluding hydrogens is 191 g/mol. The van der Waals surface area contributed by atoms with Crippen molar-refractivity contribution in [2.24, 2.45) is 5.92 Å². The van der Waals surface area contributed by atoms with Crippen molar-refractivity contribution in [1.82, 2.24) is 0 Å². The van der Waals surface area contributed by atoms with Crippen molar-refractivity contribution in [2.45, 2.75) is 24.9 Å². The lowest BCUT2D eigenvalue weighted by Gasteiger charge is -2.28. The molecule has 1 nitrogen and oxygen atoms in total. The maximum absolute atomic E-state index is 12.8. The molecule has 80 valence electrons. The molecule has 0 heterocycles. The summed E-state index contributed by atoms with van der Waals surface area (Å²) in [6.07, 6.45) is 4.48. The summed E-state index contributed by atoms with van der Waals surface area (Å²) in [5.74, 6) is -0.182. The quantitative estimate of drug-likeness (QED) is 0.737. The molecule has 1 N–H and O–H groups in total. The molecule has 2 rings (SSSR count). The van der Waals surface area contributed by atoms with E-state index in [9.17, 15) is 9.50 Å². The third-order valence-corrected chi connectivity index (χ3v) is 3.32. The Balaban J connectivity index is 2.35. The number of halogens is 1. The van der Waals surface area contributed by atoms with Crippen molar-refractivity contribution in [1.29, 1.82) is 0 Å². The lowest BCUT2D eigenvalue weighted by atomic mass is 9.84. The third-order valence-electron chi connectivity index (χ3n) is 3.32. The van der Waals surface area contributed by atoms with Crippen LogP contribution >= 0.6 is 0 Å². The maximum atomic E-state index is 12.8. The van der Waals surface area contributed by atoms with Crippen LogP contribution in [0.25, 0.3) is 0 Å². The molecule has 0 radical (unpaired) electrons. The number of benzene rings is 1. The molecule has 0 aromatic heterocycles. The van der Waals surface area contributed by atoms with Crippen molar-refractivity contribution in [3.05, 3.63) is 48.3 Å². The van der Waals surface area contributed by atoms with Gasteiger partial charge in [-0.15, -0.1) is 6.58 Å². The van der Waals surface area contributed by atoms with Crippen LogP contribution in [0.5, 0.6) is 0 Å². The molecule has 0 unspecified atom stereocenters. The first-order valence-corrected chi connectivity index (χ1v) is 5.28. The van der Waals surface area contributed by atoms with Crippen LogP contribution in [0, 0.1) is 11.7 Å². The van der Waals surface area contributed by atoms with Crippen molar-refractivity contribution >= 4 is 0 Å². The van der Waals surface area contributed by atoms with Gasteiger partial charge < -0.3 is 5.11 Å². The van der Waals surface area contributed by atoms with Crippen molar-refractivity contribution in [3.8, 4) is 0 Å². The minimum absolute atomic E-state index is 0.0861. The van der Waals surface area contributed by atoms with Gasteiger partial charge in [-0.1, -0.05) is 18.2 Å². The lowest BCUT2D eigenvalue weighted by Crippen LogP contribution is -2.28. The van der Waals surface area contributed by atoms with E-state index in [-0.39, 0.29) is 11.7 Å². The molecule has 1 aliphatic rings. The van der Waals surface area contributed by atoms with Crippen LogP contribution in [0.4, 0.5) is 4.39 Å². The molecule has 1 aromatic rings. The van der Waals surface area contributed by atoms with E-state index in [2.05, 4.69) is 6.58 Å². The average Bonchev–Trinajstić information content (AvgIpc) is 2.61. The summed E-state index contributed by atoms with van der Waals surface area (Å²) >= 11 is 0. The largest absolute Gasteiger partial charge is 0.385 e. The predicted octanol–water partition coefficient (Wildman–Crippen LogP) is 3.00. The summed E-state index contributed by atoms with van der Waals surface area (Å²) in [5, 5.41) is 10.5. The van der Waals surface area contributed by atoms with Gasteiger partial charge in [-0.05, 0) is 37.0 Å². The van der Waals surface area contributed by atoms with Crippen LogP contribution in [0.15, 0.2) is 36.9 Å². The topological polar surface area (TPSA) is 20.2 Å².